The summed E-state index contributed by atoms with van der Waals surface area (Å²) < 4.78 is 32.5. The van der Waals surface area contributed by atoms with Crippen LogP contribution in [0.4, 0.5) is 20.4 Å². The minimum Gasteiger partial charge on any atom is -0.415 e. The number of fused-ring (bicyclic) bond motifs is 1. The van der Waals surface area contributed by atoms with E-state index in [9.17, 15) is 8.78 Å². The number of aromatic nitrogens is 6. The van der Waals surface area contributed by atoms with Crippen LogP contribution in [0.25, 0.3) is 33.6 Å². The fourth-order valence-corrected chi connectivity index (χ4v) is 3.63. The second-order valence-corrected chi connectivity index (χ2v) is 8.17. The summed E-state index contributed by atoms with van der Waals surface area (Å²) >= 11 is 0. The van der Waals surface area contributed by atoms with E-state index in [1.54, 1.807) is 0 Å². The molecular weight excluding hydrogens is 454 g/mol. The molecule has 0 fully saturated rings. The van der Waals surface area contributed by atoms with E-state index in [0.29, 0.717) is 11.5 Å². The van der Waals surface area contributed by atoms with Crippen LogP contribution in [-0.4, -0.2) is 55.3 Å². The number of rotatable bonds is 8. The summed E-state index contributed by atoms with van der Waals surface area (Å²) in [7, 11) is 4.07. The van der Waals surface area contributed by atoms with E-state index in [1.807, 2.05) is 62.9 Å². The number of nitrogens with one attached hydrogen (secondary N) is 1. The first-order valence-electron chi connectivity index (χ1n) is 10.9. The van der Waals surface area contributed by atoms with Gasteiger partial charge in [0.25, 0.3) is 11.8 Å². The van der Waals surface area contributed by atoms with Crippen LogP contribution < -0.4 is 5.32 Å². The highest BCUT2D eigenvalue weighted by atomic mass is 19.3. The number of anilines is 2. The monoisotopic (exact) mass is 476 g/mol. The molecule has 3 heterocycles. The first-order valence-corrected chi connectivity index (χ1v) is 10.9. The number of hydrogen-bond donors (Lipinski definition) is 1. The zero-order valence-corrected chi connectivity index (χ0v) is 19.1. The third kappa shape index (κ3) is 4.85. The largest absolute Gasteiger partial charge is 0.415 e. The van der Waals surface area contributed by atoms with Crippen LogP contribution in [0, 0.1) is 0 Å². The molecule has 1 N–H and O–H groups in total. The van der Waals surface area contributed by atoms with Gasteiger partial charge in [-0.25, -0.2) is 15.0 Å². The molecule has 0 radical (unpaired) electrons. The third-order valence-electron chi connectivity index (χ3n) is 5.38. The smallest absolute Gasteiger partial charge is 0.314 e. The van der Waals surface area contributed by atoms with E-state index in [4.69, 9.17) is 4.42 Å². The van der Waals surface area contributed by atoms with Crippen LogP contribution in [0.1, 0.15) is 12.3 Å². The highest BCUT2D eigenvalue weighted by Gasteiger charge is 2.18. The van der Waals surface area contributed by atoms with Crippen molar-refractivity contribution < 1.29 is 13.2 Å². The van der Waals surface area contributed by atoms with Crippen molar-refractivity contribution in [3.8, 4) is 22.6 Å². The molecule has 2 aromatic carbocycles. The molecule has 0 unspecified atom stereocenters. The van der Waals surface area contributed by atoms with Gasteiger partial charge in [-0.15, -0.1) is 10.2 Å². The molecule has 3 aromatic heterocycles. The zero-order chi connectivity index (χ0) is 24.4. The first kappa shape index (κ1) is 22.5. The predicted molar refractivity (Wildman–Crippen MR) is 127 cm³/mol. The van der Waals surface area contributed by atoms with Crippen LogP contribution in [0.15, 0.2) is 65.6 Å². The second-order valence-electron chi connectivity index (χ2n) is 8.17. The highest BCUT2D eigenvalue weighted by Crippen LogP contribution is 2.32. The fraction of sp³-hybridized carbons (Fsp3) is 0.208. The molecule has 0 bridgehead atoms. The number of hydrogen-bond acceptors (Lipinski definition) is 8. The molecule has 5 aromatic rings. The van der Waals surface area contributed by atoms with Crippen LogP contribution in [-0.2, 0) is 6.54 Å². The normalized spacial score (nSPS) is 11.6. The van der Waals surface area contributed by atoms with E-state index in [-0.39, 0.29) is 5.89 Å². The molecule has 0 aliphatic carbocycles. The lowest BCUT2D eigenvalue weighted by atomic mass is 10.0. The number of alkyl halides is 2. The maximum absolute atomic E-state index is 12.7. The minimum atomic E-state index is -2.84. The molecular formula is C24H22F2N8O. The van der Waals surface area contributed by atoms with Gasteiger partial charge in [-0.2, -0.15) is 8.78 Å². The maximum atomic E-state index is 12.7. The third-order valence-corrected chi connectivity index (χ3v) is 5.38. The van der Waals surface area contributed by atoms with Crippen molar-refractivity contribution in [2.75, 3.05) is 26.0 Å². The van der Waals surface area contributed by atoms with Gasteiger partial charge >= 0.3 is 6.43 Å². The highest BCUT2D eigenvalue weighted by molar-refractivity contribution is 5.95. The molecule has 35 heavy (non-hydrogen) atoms. The minimum absolute atomic E-state index is 0.0653. The molecule has 0 aliphatic rings. The van der Waals surface area contributed by atoms with Gasteiger partial charge in [0, 0.05) is 36.7 Å². The predicted octanol–water partition coefficient (Wildman–Crippen LogP) is 4.79. The summed E-state index contributed by atoms with van der Waals surface area (Å²) in [6.07, 6.45) is 1.90. The quantitative estimate of drug-likeness (QED) is 0.342. The maximum Gasteiger partial charge on any atom is 0.314 e. The van der Waals surface area contributed by atoms with Crippen molar-refractivity contribution in [2.24, 2.45) is 0 Å². The van der Waals surface area contributed by atoms with Gasteiger partial charge in [-0.3, -0.25) is 0 Å². The summed E-state index contributed by atoms with van der Waals surface area (Å²) in [6, 6.07) is 14.1. The van der Waals surface area contributed by atoms with Gasteiger partial charge in [0.15, 0.2) is 0 Å². The lowest BCUT2D eigenvalue weighted by molar-refractivity contribution is 0.116. The average molecular weight is 476 g/mol. The Kier molecular flexibility index (Phi) is 6.15. The van der Waals surface area contributed by atoms with Crippen molar-refractivity contribution in [1.29, 1.82) is 0 Å². The van der Waals surface area contributed by atoms with Crippen molar-refractivity contribution in [2.45, 2.75) is 13.0 Å². The van der Waals surface area contributed by atoms with E-state index < -0.39 is 12.3 Å². The van der Waals surface area contributed by atoms with Crippen molar-refractivity contribution in [3.63, 3.8) is 0 Å². The van der Waals surface area contributed by atoms with Crippen molar-refractivity contribution in [1.82, 2.24) is 34.6 Å². The summed E-state index contributed by atoms with van der Waals surface area (Å²) in [5.41, 5.74) is 5.05. The molecule has 178 valence electrons. The van der Waals surface area contributed by atoms with Gasteiger partial charge in [0.05, 0.1) is 22.9 Å². The van der Waals surface area contributed by atoms with E-state index in [0.717, 1.165) is 40.9 Å². The van der Waals surface area contributed by atoms with Gasteiger partial charge in [0.2, 0.25) is 5.95 Å². The average Bonchev–Trinajstić information content (AvgIpc) is 3.51. The molecule has 0 aliphatic heterocycles. The molecule has 9 nitrogen and oxygen atoms in total. The van der Waals surface area contributed by atoms with Gasteiger partial charge in [-0.1, -0.05) is 30.3 Å². The number of likely N-dealkylation sites (N-methyl/N-ethyl adjacent to an activating group) is 1. The Morgan fingerprint density at radius 2 is 1.77 bits per heavy atom. The Balaban J connectivity index is 1.47. The number of halogens is 2. The number of imidazole rings is 1. The molecule has 0 amide bonds. The van der Waals surface area contributed by atoms with Gasteiger partial charge < -0.3 is 19.2 Å². The fourth-order valence-electron chi connectivity index (χ4n) is 3.63. The summed E-state index contributed by atoms with van der Waals surface area (Å²) in [5, 5.41) is 10.2. The molecule has 0 saturated carbocycles. The van der Waals surface area contributed by atoms with Gasteiger partial charge in [-0.05, 0) is 31.8 Å². The first-order chi connectivity index (χ1) is 17.0. The van der Waals surface area contributed by atoms with E-state index >= 15 is 0 Å². The molecule has 0 atom stereocenters. The van der Waals surface area contributed by atoms with Crippen LogP contribution >= 0.6 is 0 Å². The Labute approximate surface area is 199 Å². The number of benzene rings is 2. The Hall–Kier alpha value is -4.25. The van der Waals surface area contributed by atoms with Crippen LogP contribution in [0.2, 0.25) is 0 Å². The van der Waals surface area contributed by atoms with Gasteiger partial charge in [0.1, 0.15) is 0 Å². The SMILES string of the molecule is CN(C)CCn1cnc2c(-c3ccccc3)cc(Nc3ncc(-c4nnc(C(F)F)o4)cn3)cc21. The van der Waals surface area contributed by atoms with Crippen LogP contribution in [0.5, 0.6) is 0 Å². The Bertz CT molecular complexity index is 1430. The summed E-state index contributed by atoms with van der Waals surface area (Å²) in [4.78, 5) is 15.4. The Morgan fingerprint density at radius 1 is 1.00 bits per heavy atom. The second kappa shape index (κ2) is 9.55. The van der Waals surface area contributed by atoms with Crippen molar-refractivity contribution in [3.05, 3.63) is 67.1 Å². The molecule has 11 heteroatoms. The lowest BCUT2D eigenvalue weighted by Gasteiger charge is -2.13. The van der Waals surface area contributed by atoms with E-state index in [1.165, 1.54) is 12.4 Å². The standard InChI is InChI=1S/C24H22F2N8O/c1-33(2)8-9-34-14-29-20-18(15-6-4-3-5-7-15)10-17(11-19(20)34)30-24-27-12-16(13-28-24)22-31-32-23(35-22)21(25)26/h3-7,10-14,21H,8-9H2,1-2H3,(H,27,28,30). The summed E-state index contributed by atoms with van der Waals surface area (Å²) in [5.74, 6) is -0.473. The molecule has 0 saturated heterocycles. The lowest BCUT2D eigenvalue weighted by Crippen LogP contribution is -2.17. The molecule has 5 rings (SSSR count). The van der Waals surface area contributed by atoms with Crippen molar-refractivity contribution >= 4 is 22.7 Å². The topological polar surface area (TPSA) is 97.8 Å². The van der Waals surface area contributed by atoms with Crippen LogP contribution in [0.3, 0.4) is 0 Å². The summed E-state index contributed by atoms with van der Waals surface area (Å²) in [6.45, 7) is 1.66. The number of nitrogens with zero attached hydrogens (tertiary/aromatic N) is 7. The van der Waals surface area contributed by atoms with E-state index in [2.05, 4.69) is 39.9 Å². The zero-order valence-electron chi connectivity index (χ0n) is 19.1. The Morgan fingerprint density at radius 3 is 2.46 bits per heavy atom. The molecule has 0 spiro atoms.